The number of halogens is 1. The van der Waals surface area contributed by atoms with Gasteiger partial charge in [-0.2, -0.15) is 0 Å². The number of benzene rings is 1. The minimum atomic E-state index is -0.238. The third kappa shape index (κ3) is 3.47. The van der Waals surface area contributed by atoms with Crippen molar-refractivity contribution in [1.82, 2.24) is 19.9 Å². The van der Waals surface area contributed by atoms with Crippen LogP contribution < -0.4 is 10.2 Å². The van der Waals surface area contributed by atoms with E-state index in [-0.39, 0.29) is 17.9 Å². The van der Waals surface area contributed by atoms with Gasteiger partial charge in [0, 0.05) is 30.0 Å². The van der Waals surface area contributed by atoms with Gasteiger partial charge in [0.2, 0.25) is 0 Å². The van der Waals surface area contributed by atoms with Crippen molar-refractivity contribution in [1.29, 1.82) is 0 Å². The molecule has 1 aromatic carbocycles. The molecule has 0 saturated carbocycles. The smallest absolute Gasteiger partial charge is 0.174 e. The number of thiocarbonyl (C=S) groups is 1. The lowest BCUT2D eigenvalue weighted by atomic mass is 10.0. The van der Waals surface area contributed by atoms with Crippen LogP contribution in [0.1, 0.15) is 29.0 Å². The summed E-state index contributed by atoms with van der Waals surface area (Å²) in [5.41, 5.74) is 4.27. The van der Waals surface area contributed by atoms with Crippen LogP contribution in [0.5, 0.6) is 0 Å². The molecule has 1 saturated heterocycles. The number of aryl methyl sites for hydroxylation is 1. The number of anilines is 1. The molecule has 0 bridgehead atoms. The normalized spacial score (nSPS) is 18.3. The average Bonchev–Trinajstić information content (AvgIpc) is 3.41. The molecule has 7 heteroatoms. The Hall–Kier alpha value is -3.58. The lowest BCUT2D eigenvalue weighted by Gasteiger charge is -2.29. The van der Waals surface area contributed by atoms with E-state index in [1.807, 2.05) is 59.8 Å². The van der Waals surface area contributed by atoms with Crippen molar-refractivity contribution in [2.75, 3.05) is 4.90 Å². The van der Waals surface area contributed by atoms with Crippen molar-refractivity contribution < 1.29 is 4.39 Å². The molecule has 5 rings (SSSR count). The summed E-state index contributed by atoms with van der Waals surface area (Å²) in [6, 6.07) is 18.6. The zero-order valence-electron chi connectivity index (χ0n) is 16.8. The van der Waals surface area contributed by atoms with E-state index in [1.54, 1.807) is 25.4 Å². The first-order valence-corrected chi connectivity index (χ1v) is 10.4. The number of nitrogens with zero attached hydrogens (tertiary/aromatic N) is 4. The van der Waals surface area contributed by atoms with Crippen molar-refractivity contribution in [2.45, 2.75) is 19.0 Å². The van der Waals surface area contributed by atoms with Gasteiger partial charge in [0.25, 0.3) is 0 Å². The molecule has 3 aromatic heterocycles. The lowest BCUT2D eigenvalue weighted by Crippen LogP contribution is -2.30. The first-order chi connectivity index (χ1) is 15.1. The molecule has 31 heavy (non-hydrogen) atoms. The molecule has 1 N–H and O–H groups in total. The molecular weight excluding hydrogens is 409 g/mol. The van der Waals surface area contributed by atoms with Gasteiger partial charge in [0.1, 0.15) is 11.9 Å². The Bertz CT molecular complexity index is 1230. The minimum absolute atomic E-state index is 0.176. The van der Waals surface area contributed by atoms with Crippen molar-refractivity contribution >= 4 is 23.0 Å². The van der Waals surface area contributed by atoms with Crippen LogP contribution in [-0.2, 0) is 0 Å². The predicted octanol–water partition coefficient (Wildman–Crippen LogP) is 4.89. The molecule has 5 nitrogen and oxygen atoms in total. The quantitative estimate of drug-likeness (QED) is 0.468. The first kappa shape index (κ1) is 19.4. The predicted molar refractivity (Wildman–Crippen MR) is 123 cm³/mol. The molecule has 4 heterocycles. The highest BCUT2D eigenvalue weighted by Crippen LogP contribution is 2.42. The van der Waals surface area contributed by atoms with Gasteiger partial charge in [-0.15, -0.1) is 0 Å². The molecular formula is C24H20FN5S. The maximum absolute atomic E-state index is 14.0. The topological polar surface area (TPSA) is 46.0 Å². The summed E-state index contributed by atoms with van der Waals surface area (Å²) in [4.78, 5) is 10.9. The van der Waals surface area contributed by atoms with E-state index in [9.17, 15) is 4.39 Å². The maximum atomic E-state index is 14.0. The summed E-state index contributed by atoms with van der Waals surface area (Å²) < 4.78 is 16.1. The van der Waals surface area contributed by atoms with E-state index in [4.69, 9.17) is 12.2 Å². The van der Waals surface area contributed by atoms with Gasteiger partial charge in [0.15, 0.2) is 5.11 Å². The van der Waals surface area contributed by atoms with Crippen LogP contribution in [0.15, 0.2) is 85.5 Å². The Morgan fingerprint density at radius 1 is 1.00 bits per heavy atom. The Morgan fingerprint density at radius 3 is 2.65 bits per heavy atom. The lowest BCUT2D eigenvalue weighted by molar-refractivity contribution is 0.549. The Labute approximate surface area is 185 Å². The summed E-state index contributed by atoms with van der Waals surface area (Å²) in [5.74, 6) is -0.238. The molecule has 2 atom stereocenters. The van der Waals surface area contributed by atoms with Crippen molar-refractivity contribution in [2.24, 2.45) is 0 Å². The molecule has 0 spiro atoms. The van der Waals surface area contributed by atoms with Crippen molar-refractivity contribution in [3.05, 3.63) is 108 Å². The number of nitrogens with one attached hydrogen (secondary N) is 1. The summed E-state index contributed by atoms with van der Waals surface area (Å²) in [5, 5.41) is 4.02. The molecule has 1 fully saturated rings. The van der Waals surface area contributed by atoms with Crippen molar-refractivity contribution in [3.8, 4) is 5.69 Å². The van der Waals surface area contributed by atoms with Crippen LogP contribution in [0, 0.1) is 12.7 Å². The summed E-state index contributed by atoms with van der Waals surface area (Å²) in [6.45, 7) is 1.76. The second-order valence-corrected chi connectivity index (χ2v) is 7.83. The van der Waals surface area contributed by atoms with E-state index in [2.05, 4.69) is 25.9 Å². The second kappa shape index (κ2) is 7.92. The van der Waals surface area contributed by atoms with E-state index < -0.39 is 0 Å². The van der Waals surface area contributed by atoms with E-state index in [0.717, 1.165) is 22.8 Å². The van der Waals surface area contributed by atoms with Crippen LogP contribution in [0.2, 0.25) is 0 Å². The van der Waals surface area contributed by atoms with Gasteiger partial charge in [-0.3, -0.25) is 9.97 Å². The van der Waals surface area contributed by atoms with Crippen LogP contribution in [0.4, 0.5) is 10.1 Å². The molecule has 4 aromatic rings. The number of aromatic nitrogens is 3. The standard InChI is InChI=1S/C24H20FN5S/c1-16-14-17(9-10-19(16)25)30-23(22(28-24(30)31)20-7-2-3-12-27-20)21-8-5-13-29(21)18-6-4-11-26-15-18/h2-15,22-23H,1H3,(H,28,31). The molecule has 0 radical (unpaired) electrons. The Morgan fingerprint density at radius 2 is 1.90 bits per heavy atom. The number of hydrogen-bond acceptors (Lipinski definition) is 3. The molecule has 0 amide bonds. The highest BCUT2D eigenvalue weighted by atomic mass is 32.1. The highest BCUT2D eigenvalue weighted by Gasteiger charge is 2.42. The van der Waals surface area contributed by atoms with Crippen LogP contribution in [-0.4, -0.2) is 19.6 Å². The summed E-state index contributed by atoms with van der Waals surface area (Å²) in [7, 11) is 0. The molecule has 154 valence electrons. The zero-order chi connectivity index (χ0) is 21.4. The average molecular weight is 430 g/mol. The van der Waals surface area contributed by atoms with Gasteiger partial charge in [-0.1, -0.05) is 6.07 Å². The SMILES string of the molecule is Cc1cc(N2C(=S)NC(c3ccccn3)C2c2cccn2-c2cccnc2)ccc1F. The highest BCUT2D eigenvalue weighted by molar-refractivity contribution is 7.80. The van der Waals surface area contributed by atoms with Crippen LogP contribution in [0.25, 0.3) is 5.69 Å². The Balaban J connectivity index is 1.68. The summed E-state index contributed by atoms with van der Waals surface area (Å²) >= 11 is 5.76. The van der Waals surface area contributed by atoms with Gasteiger partial charge in [-0.25, -0.2) is 4.39 Å². The molecule has 1 aliphatic rings. The molecule has 0 aliphatic carbocycles. The fourth-order valence-corrected chi connectivity index (χ4v) is 4.42. The van der Waals surface area contributed by atoms with Gasteiger partial charge >= 0.3 is 0 Å². The third-order valence-electron chi connectivity index (χ3n) is 5.53. The summed E-state index contributed by atoms with van der Waals surface area (Å²) in [6.07, 6.45) is 7.37. The second-order valence-electron chi connectivity index (χ2n) is 7.44. The maximum Gasteiger partial charge on any atom is 0.174 e. The van der Waals surface area contributed by atoms with Crippen LogP contribution >= 0.6 is 12.2 Å². The van der Waals surface area contributed by atoms with E-state index >= 15 is 0 Å². The minimum Gasteiger partial charge on any atom is -0.351 e. The Kier molecular flexibility index (Phi) is 4.95. The largest absolute Gasteiger partial charge is 0.351 e. The molecule has 2 unspecified atom stereocenters. The number of pyridine rings is 2. The van der Waals surface area contributed by atoms with E-state index in [1.165, 1.54) is 6.07 Å². The number of rotatable bonds is 4. The number of hydrogen-bond donors (Lipinski definition) is 1. The van der Waals surface area contributed by atoms with E-state index in [0.29, 0.717) is 10.7 Å². The van der Waals surface area contributed by atoms with Crippen molar-refractivity contribution in [3.63, 3.8) is 0 Å². The molecule has 1 aliphatic heterocycles. The fourth-order valence-electron chi connectivity index (χ4n) is 4.08. The van der Waals surface area contributed by atoms with Gasteiger partial charge in [-0.05, 0) is 79.3 Å². The van der Waals surface area contributed by atoms with Crippen LogP contribution in [0.3, 0.4) is 0 Å². The zero-order valence-corrected chi connectivity index (χ0v) is 17.6. The third-order valence-corrected chi connectivity index (χ3v) is 5.84. The van der Waals surface area contributed by atoms with Gasteiger partial charge in [0.05, 0.1) is 23.6 Å². The monoisotopic (exact) mass is 429 g/mol. The first-order valence-electron chi connectivity index (χ1n) is 9.98. The fraction of sp³-hybridized carbons (Fsp3) is 0.125. The van der Waals surface area contributed by atoms with Gasteiger partial charge < -0.3 is 14.8 Å².